The monoisotopic (exact) mass is 626 g/mol. The highest BCUT2D eigenvalue weighted by molar-refractivity contribution is 7.09. The summed E-state index contributed by atoms with van der Waals surface area (Å²) in [4.78, 5) is 34.1. The smallest absolute Gasteiger partial charge is 0.253 e. The van der Waals surface area contributed by atoms with Crippen LogP contribution in [0.3, 0.4) is 0 Å². The lowest BCUT2D eigenvalue weighted by Crippen LogP contribution is -2.30. The molecule has 0 radical (unpaired) electrons. The molecule has 3 heterocycles. The van der Waals surface area contributed by atoms with Crippen molar-refractivity contribution in [1.82, 2.24) is 39.7 Å². The average molecular weight is 627 g/mol. The highest BCUT2D eigenvalue weighted by Crippen LogP contribution is 2.14. The molecule has 0 atom stereocenters. The van der Waals surface area contributed by atoms with Gasteiger partial charge in [0.15, 0.2) is 0 Å². The third-order valence-corrected chi connectivity index (χ3v) is 7.92. The van der Waals surface area contributed by atoms with Crippen LogP contribution in [-0.2, 0) is 33.7 Å². The van der Waals surface area contributed by atoms with Gasteiger partial charge in [-0.3, -0.25) is 23.9 Å². The van der Waals surface area contributed by atoms with E-state index in [0.717, 1.165) is 47.9 Å². The van der Waals surface area contributed by atoms with Crippen LogP contribution in [0.1, 0.15) is 54.5 Å². The van der Waals surface area contributed by atoms with Gasteiger partial charge in [0.1, 0.15) is 5.01 Å². The molecule has 2 amide bonds. The van der Waals surface area contributed by atoms with Crippen molar-refractivity contribution in [3.63, 3.8) is 0 Å². The van der Waals surface area contributed by atoms with E-state index in [1.165, 1.54) is 16.9 Å². The van der Waals surface area contributed by atoms with Crippen molar-refractivity contribution in [3.05, 3.63) is 123 Å². The minimum absolute atomic E-state index is 0.144. The average Bonchev–Trinajstić information content (AvgIpc) is 3.76. The second-order valence-corrected chi connectivity index (χ2v) is 12.1. The molecule has 2 aromatic carbocycles. The van der Waals surface area contributed by atoms with Crippen molar-refractivity contribution in [2.75, 3.05) is 20.1 Å². The zero-order chi connectivity index (χ0) is 32.2. The molecule has 0 saturated heterocycles. The van der Waals surface area contributed by atoms with Crippen LogP contribution in [0.2, 0.25) is 0 Å². The number of aromatic nitrogens is 5. The number of rotatable bonds is 12. The van der Waals surface area contributed by atoms with Gasteiger partial charge in [-0.25, -0.2) is 4.98 Å². The predicted molar refractivity (Wildman–Crippen MR) is 178 cm³/mol. The molecule has 0 bridgehead atoms. The molecule has 0 spiro atoms. The van der Waals surface area contributed by atoms with E-state index in [2.05, 4.69) is 44.5 Å². The number of carbonyl (C=O) groups excluding carboxylic acids is 2. The van der Waals surface area contributed by atoms with Crippen LogP contribution in [0.25, 0.3) is 0 Å². The normalized spacial score (nSPS) is 10.8. The summed E-state index contributed by atoms with van der Waals surface area (Å²) in [5, 5.41) is 14.4. The second-order valence-electron chi connectivity index (χ2n) is 11.1. The largest absolute Gasteiger partial charge is 0.352 e. The van der Waals surface area contributed by atoms with Crippen molar-refractivity contribution < 1.29 is 9.59 Å². The Labute approximate surface area is 269 Å². The maximum atomic E-state index is 12.9. The van der Waals surface area contributed by atoms with Gasteiger partial charge in [0.05, 0.1) is 18.9 Å². The zero-order valence-corrected chi connectivity index (χ0v) is 27.5. The summed E-state index contributed by atoms with van der Waals surface area (Å²) < 4.78 is 3.60. The molecule has 0 aliphatic carbocycles. The second kappa shape index (κ2) is 16.5. The minimum Gasteiger partial charge on any atom is -0.352 e. The van der Waals surface area contributed by atoms with E-state index in [1.54, 1.807) is 45.6 Å². The van der Waals surface area contributed by atoms with E-state index in [-0.39, 0.29) is 11.8 Å². The lowest BCUT2D eigenvalue weighted by molar-refractivity contribution is 0.0785. The minimum atomic E-state index is -0.191. The Kier molecular flexibility index (Phi) is 12.2. The summed E-state index contributed by atoms with van der Waals surface area (Å²) >= 11 is 1.53. The van der Waals surface area contributed by atoms with Crippen LogP contribution in [0.5, 0.6) is 0 Å². The molecule has 1 N–H and O–H groups in total. The molecule has 3 aromatic heterocycles. The molecule has 0 saturated carbocycles. The van der Waals surface area contributed by atoms with Gasteiger partial charge in [-0.1, -0.05) is 42.0 Å². The van der Waals surface area contributed by atoms with E-state index in [4.69, 9.17) is 0 Å². The van der Waals surface area contributed by atoms with Gasteiger partial charge in [0.25, 0.3) is 11.8 Å². The first-order valence-corrected chi connectivity index (χ1v) is 15.8. The van der Waals surface area contributed by atoms with Crippen LogP contribution < -0.4 is 5.32 Å². The van der Waals surface area contributed by atoms with Crippen LogP contribution >= 0.6 is 11.3 Å². The van der Waals surface area contributed by atoms with Crippen LogP contribution in [-0.4, -0.2) is 66.3 Å². The number of hydrogen-bond donors (Lipinski definition) is 1. The molecule has 0 aliphatic rings. The number of carbonyl (C=O) groups is 2. The van der Waals surface area contributed by atoms with Gasteiger partial charge in [0.2, 0.25) is 0 Å². The van der Waals surface area contributed by atoms with Crippen molar-refractivity contribution in [2.24, 2.45) is 14.1 Å². The SMILES string of the molecule is Cc1ccccc1.Cc1csc(CN(C)C(=O)c2cccc(C(=O)NCCCN(Cc3cnn(C)c3)Cc3cnn(C)c3)c2)n1. The molecule has 0 fully saturated rings. The Balaban J connectivity index is 0.000000580. The van der Waals surface area contributed by atoms with E-state index in [0.29, 0.717) is 24.2 Å². The van der Waals surface area contributed by atoms with Gasteiger partial charge in [-0.05, 0) is 38.5 Å². The maximum absolute atomic E-state index is 12.9. The third kappa shape index (κ3) is 10.8. The highest BCUT2D eigenvalue weighted by atomic mass is 32.1. The fourth-order valence-corrected chi connectivity index (χ4v) is 5.57. The molecular formula is C34H42N8O2S. The van der Waals surface area contributed by atoms with Crippen LogP contribution in [0.4, 0.5) is 0 Å². The molecule has 5 aromatic rings. The number of aryl methyl sites for hydroxylation is 4. The fourth-order valence-electron chi connectivity index (χ4n) is 4.74. The predicted octanol–water partition coefficient (Wildman–Crippen LogP) is 5.01. The van der Waals surface area contributed by atoms with E-state index < -0.39 is 0 Å². The van der Waals surface area contributed by atoms with E-state index in [9.17, 15) is 9.59 Å². The molecule has 10 nitrogen and oxygen atoms in total. The number of thiazole rings is 1. The van der Waals surface area contributed by atoms with Gasteiger partial charge < -0.3 is 10.2 Å². The summed E-state index contributed by atoms with van der Waals surface area (Å²) in [5.74, 6) is -0.335. The number of amides is 2. The van der Waals surface area contributed by atoms with Gasteiger partial charge in [-0.15, -0.1) is 11.3 Å². The lowest BCUT2D eigenvalue weighted by atomic mass is 10.1. The van der Waals surface area contributed by atoms with Crippen LogP contribution in [0.15, 0.2) is 84.8 Å². The van der Waals surface area contributed by atoms with Crippen LogP contribution in [0, 0.1) is 13.8 Å². The van der Waals surface area contributed by atoms with Crippen molar-refractivity contribution in [2.45, 2.75) is 39.9 Å². The quantitative estimate of drug-likeness (QED) is 0.196. The Morgan fingerprint density at radius 3 is 2.04 bits per heavy atom. The first-order valence-electron chi connectivity index (χ1n) is 14.9. The Morgan fingerprint density at radius 2 is 1.51 bits per heavy atom. The number of hydrogen-bond acceptors (Lipinski definition) is 7. The number of nitrogens with zero attached hydrogens (tertiary/aromatic N) is 7. The summed E-state index contributed by atoms with van der Waals surface area (Å²) in [6.07, 6.45) is 8.56. The molecule has 45 heavy (non-hydrogen) atoms. The molecule has 0 aliphatic heterocycles. The zero-order valence-electron chi connectivity index (χ0n) is 26.7. The summed E-state index contributed by atoms with van der Waals surface area (Å²) in [7, 11) is 5.56. The standard InChI is InChI=1S/C27H34N8O2S.C7H8/c1-20-19-38-25(31-20)18-32(2)27(37)24-8-5-7-23(11-24)26(36)28-9-6-10-35(16-21-12-29-33(3)14-21)17-22-13-30-34(4)15-22;1-7-5-3-2-4-6-7/h5,7-8,11-15,19H,6,9-10,16-18H2,1-4H3,(H,28,36);2-6H,1H3. The first kappa shape index (κ1) is 33.3. The topological polar surface area (TPSA) is 101 Å². The lowest BCUT2D eigenvalue weighted by Gasteiger charge is -2.21. The highest BCUT2D eigenvalue weighted by Gasteiger charge is 2.16. The van der Waals surface area contributed by atoms with E-state index >= 15 is 0 Å². The fraction of sp³-hybridized carbons (Fsp3) is 0.324. The number of nitrogens with one attached hydrogen (secondary N) is 1. The molecule has 236 valence electrons. The summed E-state index contributed by atoms with van der Waals surface area (Å²) in [5.41, 5.74) is 5.49. The van der Waals surface area contributed by atoms with Crippen molar-refractivity contribution in [1.29, 1.82) is 0 Å². The van der Waals surface area contributed by atoms with Crippen molar-refractivity contribution in [3.8, 4) is 0 Å². The summed E-state index contributed by atoms with van der Waals surface area (Å²) in [6, 6.07) is 17.1. The Bertz CT molecular complexity index is 1620. The van der Waals surface area contributed by atoms with Crippen molar-refractivity contribution >= 4 is 23.2 Å². The van der Waals surface area contributed by atoms with Gasteiger partial charge >= 0.3 is 0 Å². The Hall–Kier alpha value is -4.61. The number of benzene rings is 2. The van der Waals surface area contributed by atoms with Gasteiger partial charge in [0, 0.05) is 93.0 Å². The molecule has 0 unspecified atom stereocenters. The molecule has 11 heteroatoms. The third-order valence-electron chi connectivity index (χ3n) is 6.96. The molecular weight excluding hydrogens is 584 g/mol. The Morgan fingerprint density at radius 1 is 0.867 bits per heavy atom. The molecule has 5 rings (SSSR count). The van der Waals surface area contributed by atoms with E-state index in [1.807, 2.05) is 69.4 Å². The first-order chi connectivity index (χ1) is 21.7. The maximum Gasteiger partial charge on any atom is 0.253 e. The summed E-state index contributed by atoms with van der Waals surface area (Å²) in [6.45, 7) is 7.29. The van der Waals surface area contributed by atoms with Gasteiger partial charge in [-0.2, -0.15) is 10.2 Å².